The summed E-state index contributed by atoms with van der Waals surface area (Å²) < 4.78 is 0. The molecule has 1 rings (SSSR count). The minimum Gasteiger partial charge on any atom is -0.394 e. The van der Waals surface area contributed by atoms with Crippen LogP contribution in [0, 0.1) is 5.41 Å². The SMILES string of the molecule is CCC1(CC)CC(=O)N(C(C)(CO)CO)C1=O. The molecule has 0 aromatic rings. The van der Waals surface area contributed by atoms with Crippen molar-refractivity contribution in [3.8, 4) is 0 Å². The van der Waals surface area contributed by atoms with E-state index in [2.05, 4.69) is 0 Å². The zero-order valence-corrected chi connectivity index (χ0v) is 10.7. The Kier molecular flexibility index (Phi) is 3.94. The Morgan fingerprint density at radius 2 is 1.71 bits per heavy atom. The predicted octanol–water partition coefficient (Wildman–Crippen LogP) is 0.295. The van der Waals surface area contributed by atoms with Gasteiger partial charge < -0.3 is 10.2 Å². The van der Waals surface area contributed by atoms with E-state index in [0.717, 1.165) is 4.90 Å². The number of hydrogen-bond donors (Lipinski definition) is 2. The molecule has 0 bridgehead atoms. The number of aliphatic hydroxyl groups excluding tert-OH is 2. The summed E-state index contributed by atoms with van der Waals surface area (Å²) >= 11 is 0. The summed E-state index contributed by atoms with van der Waals surface area (Å²) in [7, 11) is 0. The van der Waals surface area contributed by atoms with Gasteiger partial charge in [-0.15, -0.1) is 0 Å². The van der Waals surface area contributed by atoms with Gasteiger partial charge in [0.25, 0.3) is 0 Å². The van der Waals surface area contributed by atoms with Gasteiger partial charge in [0.05, 0.1) is 24.2 Å². The molecule has 1 aliphatic rings. The first-order valence-electron chi connectivity index (χ1n) is 6.00. The lowest BCUT2D eigenvalue weighted by molar-refractivity contribution is -0.152. The molecule has 1 aliphatic heterocycles. The quantitative estimate of drug-likeness (QED) is 0.681. The van der Waals surface area contributed by atoms with Crippen molar-refractivity contribution in [2.24, 2.45) is 5.41 Å². The highest BCUT2D eigenvalue weighted by Crippen LogP contribution is 2.41. The monoisotopic (exact) mass is 243 g/mol. The van der Waals surface area contributed by atoms with Crippen LogP contribution in [0.1, 0.15) is 40.0 Å². The van der Waals surface area contributed by atoms with Gasteiger partial charge in [-0.3, -0.25) is 14.5 Å². The molecule has 5 heteroatoms. The average molecular weight is 243 g/mol. The van der Waals surface area contributed by atoms with Crippen molar-refractivity contribution < 1.29 is 19.8 Å². The molecule has 98 valence electrons. The van der Waals surface area contributed by atoms with Crippen LogP contribution in [0.15, 0.2) is 0 Å². The summed E-state index contributed by atoms with van der Waals surface area (Å²) in [5, 5.41) is 18.6. The summed E-state index contributed by atoms with van der Waals surface area (Å²) in [5.41, 5.74) is -1.84. The van der Waals surface area contributed by atoms with Crippen LogP contribution >= 0.6 is 0 Å². The molecule has 0 spiro atoms. The Bertz CT molecular complexity index is 318. The second-order valence-corrected chi connectivity index (χ2v) is 5.01. The van der Waals surface area contributed by atoms with E-state index in [1.165, 1.54) is 6.92 Å². The third-order valence-corrected chi connectivity index (χ3v) is 3.97. The first-order valence-corrected chi connectivity index (χ1v) is 6.00. The maximum absolute atomic E-state index is 12.3. The highest BCUT2D eigenvalue weighted by atomic mass is 16.3. The first-order chi connectivity index (χ1) is 7.90. The average Bonchev–Trinajstić information content (AvgIpc) is 2.61. The molecule has 0 aromatic carbocycles. The van der Waals surface area contributed by atoms with Crippen LogP contribution in [0.5, 0.6) is 0 Å². The third kappa shape index (κ3) is 1.98. The number of aliphatic hydroxyl groups is 2. The second-order valence-electron chi connectivity index (χ2n) is 5.01. The van der Waals surface area contributed by atoms with Crippen molar-refractivity contribution in [1.29, 1.82) is 0 Å². The van der Waals surface area contributed by atoms with Crippen LogP contribution in [-0.4, -0.2) is 45.7 Å². The minimum atomic E-state index is -1.19. The van der Waals surface area contributed by atoms with Crippen molar-refractivity contribution in [2.45, 2.75) is 45.6 Å². The Morgan fingerprint density at radius 3 is 2.00 bits per heavy atom. The highest BCUT2D eigenvalue weighted by molar-refractivity contribution is 6.06. The van der Waals surface area contributed by atoms with Crippen LogP contribution in [0.3, 0.4) is 0 Å². The van der Waals surface area contributed by atoms with E-state index < -0.39 is 24.2 Å². The molecule has 17 heavy (non-hydrogen) atoms. The largest absolute Gasteiger partial charge is 0.394 e. The number of carbonyl (C=O) groups is 2. The molecule has 1 saturated heterocycles. The summed E-state index contributed by atoms with van der Waals surface area (Å²) in [6.45, 7) is 4.43. The Hall–Kier alpha value is -0.940. The van der Waals surface area contributed by atoms with Crippen molar-refractivity contribution >= 4 is 11.8 Å². The van der Waals surface area contributed by atoms with E-state index in [0.29, 0.717) is 12.8 Å². The number of carbonyl (C=O) groups excluding carboxylic acids is 2. The maximum atomic E-state index is 12.3. The standard InChI is InChI=1S/C12H21NO4/c1-4-12(5-2)6-9(16)13(10(12)17)11(3,7-14)8-15/h14-15H,4-8H2,1-3H3. The van der Waals surface area contributed by atoms with Crippen LogP contribution in [0.4, 0.5) is 0 Å². The lowest BCUT2D eigenvalue weighted by Crippen LogP contribution is -2.55. The number of imide groups is 1. The van der Waals surface area contributed by atoms with Gasteiger partial charge in [0.1, 0.15) is 0 Å². The Balaban J connectivity index is 3.13. The Morgan fingerprint density at radius 1 is 1.24 bits per heavy atom. The number of likely N-dealkylation sites (tertiary alicyclic amines) is 1. The number of amides is 2. The van der Waals surface area contributed by atoms with Crippen LogP contribution in [0.25, 0.3) is 0 Å². The van der Waals surface area contributed by atoms with Gasteiger partial charge in [-0.1, -0.05) is 13.8 Å². The zero-order valence-electron chi connectivity index (χ0n) is 10.7. The smallest absolute Gasteiger partial charge is 0.236 e. The fourth-order valence-corrected chi connectivity index (χ4v) is 2.33. The lowest BCUT2D eigenvalue weighted by Gasteiger charge is -2.35. The topological polar surface area (TPSA) is 77.8 Å². The van der Waals surface area contributed by atoms with E-state index in [1.807, 2.05) is 13.8 Å². The molecule has 1 heterocycles. The molecule has 0 aromatic heterocycles. The number of hydrogen-bond acceptors (Lipinski definition) is 4. The summed E-state index contributed by atoms with van der Waals surface area (Å²) in [6, 6.07) is 0. The third-order valence-electron chi connectivity index (χ3n) is 3.97. The van der Waals surface area contributed by atoms with E-state index in [1.54, 1.807) is 0 Å². The number of nitrogens with zero attached hydrogens (tertiary/aromatic N) is 1. The molecular weight excluding hydrogens is 222 g/mol. The van der Waals surface area contributed by atoms with Crippen molar-refractivity contribution in [2.75, 3.05) is 13.2 Å². The van der Waals surface area contributed by atoms with Gasteiger partial charge in [-0.25, -0.2) is 0 Å². The predicted molar refractivity (Wildman–Crippen MR) is 62.1 cm³/mol. The van der Waals surface area contributed by atoms with Gasteiger partial charge in [-0.2, -0.15) is 0 Å². The van der Waals surface area contributed by atoms with E-state index in [-0.39, 0.29) is 18.2 Å². The molecule has 0 aliphatic carbocycles. The summed E-state index contributed by atoms with van der Waals surface area (Å²) in [4.78, 5) is 25.4. The molecular formula is C12H21NO4. The van der Waals surface area contributed by atoms with Crippen LogP contribution in [-0.2, 0) is 9.59 Å². The molecule has 5 nitrogen and oxygen atoms in total. The van der Waals surface area contributed by atoms with Gasteiger partial charge in [0.2, 0.25) is 11.8 Å². The Labute approximate surface area is 101 Å². The molecule has 2 N–H and O–H groups in total. The maximum Gasteiger partial charge on any atom is 0.236 e. The fourth-order valence-electron chi connectivity index (χ4n) is 2.33. The summed E-state index contributed by atoms with van der Waals surface area (Å²) in [6.07, 6.45) is 1.36. The molecule has 0 unspecified atom stereocenters. The fraction of sp³-hybridized carbons (Fsp3) is 0.833. The van der Waals surface area contributed by atoms with E-state index in [9.17, 15) is 19.8 Å². The van der Waals surface area contributed by atoms with Crippen molar-refractivity contribution in [3.05, 3.63) is 0 Å². The van der Waals surface area contributed by atoms with Crippen molar-refractivity contribution in [3.63, 3.8) is 0 Å². The lowest BCUT2D eigenvalue weighted by atomic mass is 9.80. The van der Waals surface area contributed by atoms with Crippen LogP contribution in [0.2, 0.25) is 0 Å². The van der Waals surface area contributed by atoms with E-state index >= 15 is 0 Å². The minimum absolute atomic E-state index is 0.175. The van der Waals surface area contributed by atoms with Gasteiger partial charge in [0.15, 0.2) is 0 Å². The van der Waals surface area contributed by atoms with E-state index in [4.69, 9.17) is 0 Å². The molecule has 0 saturated carbocycles. The number of rotatable bonds is 5. The zero-order chi connectivity index (χ0) is 13.3. The molecule has 2 amide bonds. The van der Waals surface area contributed by atoms with Gasteiger partial charge in [-0.05, 0) is 19.8 Å². The van der Waals surface area contributed by atoms with Gasteiger partial charge >= 0.3 is 0 Å². The molecule has 1 fully saturated rings. The first kappa shape index (κ1) is 14.1. The highest BCUT2D eigenvalue weighted by Gasteiger charge is 2.54. The van der Waals surface area contributed by atoms with Crippen LogP contribution < -0.4 is 0 Å². The summed E-state index contributed by atoms with van der Waals surface area (Å²) in [5.74, 6) is -0.567. The normalized spacial score (nSPS) is 20.2. The second kappa shape index (κ2) is 4.74. The molecule has 0 radical (unpaired) electrons. The van der Waals surface area contributed by atoms with Crippen molar-refractivity contribution in [1.82, 2.24) is 4.90 Å². The molecule has 0 atom stereocenters. The van der Waals surface area contributed by atoms with Gasteiger partial charge in [0, 0.05) is 6.42 Å².